The summed E-state index contributed by atoms with van der Waals surface area (Å²) in [6, 6.07) is 2.13. The van der Waals surface area contributed by atoms with Crippen molar-refractivity contribution in [3.63, 3.8) is 0 Å². The highest BCUT2D eigenvalue weighted by molar-refractivity contribution is 5.89. The van der Waals surface area contributed by atoms with Crippen LogP contribution in [0.15, 0.2) is 12.4 Å². The Balaban J connectivity index is 2.34. The predicted molar refractivity (Wildman–Crippen MR) is 40.1 cm³/mol. The second-order valence-corrected chi connectivity index (χ2v) is 3.02. The van der Waals surface area contributed by atoms with E-state index in [0.29, 0.717) is 18.7 Å². The maximum atomic E-state index is 10.8. The molecule has 0 radical (unpaired) electrons. The maximum Gasteiger partial charge on any atom is 0.137 e. The number of ketones is 1. The summed E-state index contributed by atoms with van der Waals surface area (Å²) >= 11 is 0. The summed E-state index contributed by atoms with van der Waals surface area (Å²) in [5, 5.41) is 8.86. The fourth-order valence-electron chi connectivity index (χ4n) is 1.45. The van der Waals surface area contributed by atoms with Gasteiger partial charge in [0, 0.05) is 25.2 Å². The van der Waals surface area contributed by atoms with Crippen LogP contribution in [0.3, 0.4) is 0 Å². The molecule has 0 saturated heterocycles. The molecule has 1 saturated carbocycles. The van der Waals surface area contributed by atoms with Gasteiger partial charge in [0.25, 0.3) is 0 Å². The second kappa shape index (κ2) is 2.18. The number of carbonyl (C=O) groups excluding carboxylic acids is 1. The first-order valence-corrected chi connectivity index (χ1v) is 3.70. The molecule has 60 valence electrons. The summed E-state index contributed by atoms with van der Waals surface area (Å²) in [5.74, 6) is 0.748. The largest absolute Gasteiger partial charge is 0.347 e. The van der Waals surface area contributed by atoms with Gasteiger partial charge >= 0.3 is 0 Å². The Labute approximate surface area is 69.2 Å². The molecule has 4 heteroatoms. The van der Waals surface area contributed by atoms with Gasteiger partial charge < -0.3 is 4.98 Å². The number of imidazole rings is 1. The van der Waals surface area contributed by atoms with Crippen molar-refractivity contribution in [2.24, 2.45) is 0 Å². The van der Waals surface area contributed by atoms with Gasteiger partial charge in [-0.2, -0.15) is 5.26 Å². The molecule has 0 aromatic carbocycles. The summed E-state index contributed by atoms with van der Waals surface area (Å²) in [7, 11) is 0. The van der Waals surface area contributed by atoms with Crippen LogP contribution in [0.5, 0.6) is 0 Å². The number of nitriles is 1. The molecule has 1 aromatic rings. The summed E-state index contributed by atoms with van der Waals surface area (Å²) in [4.78, 5) is 17.6. The molecular formula is C8H7N3O. The average Bonchev–Trinajstić information content (AvgIpc) is 2.50. The zero-order valence-corrected chi connectivity index (χ0v) is 6.37. The Morgan fingerprint density at radius 1 is 1.67 bits per heavy atom. The van der Waals surface area contributed by atoms with E-state index in [0.717, 1.165) is 0 Å². The molecule has 0 amide bonds. The van der Waals surface area contributed by atoms with Crippen molar-refractivity contribution in [1.29, 1.82) is 5.26 Å². The first-order valence-electron chi connectivity index (χ1n) is 3.70. The van der Waals surface area contributed by atoms with Gasteiger partial charge in [-0.1, -0.05) is 0 Å². The van der Waals surface area contributed by atoms with Crippen molar-refractivity contribution < 1.29 is 4.79 Å². The van der Waals surface area contributed by atoms with Crippen LogP contribution in [0.4, 0.5) is 0 Å². The van der Waals surface area contributed by atoms with Crippen molar-refractivity contribution in [3.8, 4) is 6.07 Å². The number of Topliss-reactive ketones (excluding diaryl/α,β-unsaturated/α-hetero) is 1. The number of H-pyrrole nitrogens is 1. The van der Waals surface area contributed by atoms with E-state index in [1.54, 1.807) is 12.4 Å². The Morgan fingerprint density at radius 3 is 2.83 bits per heavy atom. The third kappa shape index (κ3) is 0.766. The van der Waals surface area contributed by atoms with E-state index in [2.05, 4.69) is 16.0 Å². The Hall–Kier alpha value is -1.63. The highest BCUT2D eigenvalue weighted by Gasteiger charge is 2.47. The third-order valence-electron chi connectivity index (χ3n) is 2.16. The Morgan fingerprint density at radius 2 is 2.42 bits per heavy atom. The molecule has 1 aliphatic rings. The van der Waals surface area contributed by atoms with Crippen LogP contribution in [0, 0.1) is 11.3 Å². The van der Waals surface area contributed by atoms with E-state index >= 15 is 0 Å². The van der Waals surface area contributed by atoms with Gasteiger partial charge in [-0.15, -0.1) is 0 Å². The second-order valence-electron chi connectivity index (χ2n) is 3.02. The van der Waals surface area contributed by atoms with Crippen LogP contribution in [0.25, 0.3) is 0 Å². The average molecular weight is 161 g/mol. The lowest BCUT2D eigenvalue weighted by atomic mass is 9.68. The van der Waals surface area contributed by atoms with Crippen LogP contribution >= 0.6 is 0 Å². The first-order chi connectivity index (χ1) is 5.77. The summed E-state index contributed by atoms with van der Waals surface area (Å²) < 4.78 is 0. The van der Waals surface area contributed by atoms with E-state index < -0.39 is 5.41 Å². The third-order valence-corrected chi connectivity index (χ3v) is 2.16. The zero-order valence-electron chi connectivity index (χ0n) is 6.37. The van der Waals surface area contributed by atoms with E-state index in [1.807, 2.05) is 0 Å². The number of rotatable bonds is 1. The highest BCUT2D eigenvalue weighted by atomic mass is 16.1. The highest BCUT2D eigenvalue weighted by Crippen LogP contribution is 2.38. The van der Waals surface area contributed by atoms with Gasteiger partial charge in [-0.25, -0.2) is 4.98 Å². The van der Waals surface area contributed by atoms with Crippen LogP contribution in [-0.4, -0.2) is 15.8 Å². The number of hydrogen-bond donors (Lipinski definition) is 1. The summed E-state index contributed by atoms with van der Waals surface area (Å²) in [5.41, 5.74) is -0.652. The number of carbonyl (C=O) groups is 1. The number of aromatic nitrogens is 2. The van der Waals surface area contributed by atoms with E-state index in [1.165, 1.54) is 0 Å². The van der Waals surface area contributed by atoms with Crippen molar-refractivity contribution in [1.82, 2.24) is 9.97 Å². The molecule has 4 nitrogen and oxygen atoms in total. The number of nitrogens with one attached hydrogen (secondary N) is 1. The molecule has 0 unspecified atom stereocenters. The quantitative estimate of drug-likeness (QED) is 0.653. The minimum atomic E-state index is -0.652. The van der Waals surface area contributed by atoms with Gasteiger partial charge in [0.2, 0.25) is 0 Å². The van der Waals surface area contributed by atoms with Gasteiger partial charge in [0.05, 0.1) is 6.07 Å². The Kier molecular flexibility index (Phi) is 1.28. The lowest BCUT2D eigenvalue weighted by Gasteiger charge is -2.31. The van der Waals surface area contributed by atoms with Gasteiger partial charge in [0.1, 0.15) is 17.0 Å². The minimum Gasteiger partial charge on any atom is -0.347 e. The van der Waals surface area contributed by atoms with Gasteiger partial charge in [-0.3, -0.25) is 4.79 Å². The molecule has 2 rings (SSSR count). The van der Waals surface area contributed by atoms with Crippen molar-refractivity contribution in [3.05, 3.63) is 18.2 Å². The monoisotopic (exact) mass is 161 g/mol. The molecule has 12 heavy (non-hydrogen) atoms. The van der Waals surface area contributed by atoms with Crippen molar-refractivity contribution in [2.45, 2.75) is 18.3 Å². The normalized spacial score (nSPS) is 19.8. The molecule has 1 N–H and O–H groups in total. The van der Waals surface area contributed by atoms with Crippen LogP contribution in [0.1, 0.15) is 18.7 Å². The molecule has 0 bridgehead atoms. The Bertz CT molecular complexity index is 339. The smallest absolute Gasteiger partial charge is 0.137 e. The number of hydrogen-bond acceptors (Lipinski definition) is 3. The van der Waals surface area contributed by atoms with E-state index in [9.17, 15) is 4.79 Å². The topological polar surface area (TPSA) is 69.5 Å². The zero-order chi connectivity index (χ0) is 8.60. The van der Waals surface area contributed by atoms with Crippen LogP contribution in [0.2, 0.25) is 0 Å². The van der Waals surface area contributed by atoms with E-state index in [-0.39, 0.29) is 5.78 Å². The fourth-order valence-corrected chi connectivity index (χ4v) is 1.45. The predicted octanol–water partition coefficient (Wildman–Crippen LogP) is 0.534. The first kappa shape index (κ1) is 7.04. The molecular weight excluding hydrogens is 154 g/mol. The standard InChI is InChI=1S/C8H7N3O/c9-5-8(3-6(12)4-8)7-10-1-2-11-7/h1-2H,3-4H2,(H,10,11). The lowest BCUT2D eigenvalue weighted by Crippen LogP contribution is -2.41. The lowest BCUT2D eigenvalue weighted by molar-refractivity contribution is -0.126. The molecule has 1 aliphatic carbocycles. The van der Waals surface area contributed by atoms with Gasteiger partial charge in [0.15, 0.2) is 0 Å². The fraction of sp³-hybridized carbons (Fsp3) is 0.375. The van der Waals surface area contributed by atoms with Crippen molar-refractivity contribution >= 4 is 5.78 Å². The summed E-state index contributed by atoms with van der Waals surface area (Å²) in [6.45, 7) is 0. The van der Waals surface area contributed by atoms with Crippen molar-refractivity contribution in [2.75, 3.05) is 0 Å². The SMILES string of the molecule is N#CC1(c2ncc[nH]2)CC(=O)C1. The number of aromatic amines is 1. The summed E-state index contributed by atoms with van der Waals surface area (Å²) in [6.07, 6.45) is 3.86. The molecule has 0 aliphatic heterocycles. The molecule has 1 aromatic heterocycles. The molecule has 1 fully saturated rings. The molecule has 0 spiro atoms. The number of nitrogens with zero attached hydrogens (tertiary/aromatic N) is 2. The molecule has 0 atom stereocenters. The van der Waals surface area contributed by atoms with Crippen LogP contribution < -0.4 is 0 Å². The molecule has 1 heterocycles. The van der Waals surface area contributed by atoms with E-state index in [4.69, 9.17) is 5.26 Å². The maximum absolute atomic E-state index is 10.8. The van der Waals surface area contributed by atoms with Gasteiger partial charge in [-0.05, 0) is 0 Å². The van der Waals surface area contributed by atoms with Crippen LogP contribution in [-0.2, 0) is 10.2 Å². The minimum absolute atomic E-state index is 0.132.